The number of imidazole rings is 1. The van der Waals surface area contributed by atoms with E-state index in [4.69, 9.17) is 0 Å². The van der Waals surface area contributed by atoms with E-state index in [0.717, 1.165) is 53.9 Å². The van der Waals surface area contributed by atoms with Crippen molar-refractivity contribution in [3.63, 3.8) is 0 Å². The monoisotopic (exact) mass is 373 g/mol. The van der Waals surface area contributed by atoms with Gasteiger partial charge in [0.05, 0.1) is 6.20 Å². The fraction of sp³-hybridized carbons (Fsp3) is 0.333. The molecule has 3 aromatic heterocycles. The third-order valence-corrected chi connectivity index (χ3v) is 4.54. The Balaban J connectivity index is 1.51. The Kier molecular flexibility index (Phi) is 3.60. The lowest BCUT2D eigenvalue weighted by atomic mass is 10.3. The number of aromatic nitrogens is 5. The number of anilines is 2. The zero-order valence-corrected chi connectivity index (χ0v) is 14.3. The van der Waals surface area contributed by atoms with Crippen LogP contribution in [-0.4, -0.2) is 50.7 Å². The van der Waals surface area contributed by atoms with Gasteiger partial charge in [0.1, 0.15) is 22.1 Å². The molecule has 0 spiro atoms. The molecule has 1 saturated heterocycles. The van der Waals surface area contributed by atoms with Crippen LogP contribution in [0, 0.1) is 6.92 Å². The van der Waals surface area contributed by atoms with Crippen LogP contribution in [0.3, 0.4) is 0 Å². The highest BCUT2D eigenvalue weighted by Gasteiger charge is 2.20. The molecule has 0 aliphatic carbocycles. The van der Waals surface area contributed by atoms with E-state index in [2.05, 4.69) is 45.8 Å². The molecule has 0 aromatic carbocycles. The molecule has 1 aliphatic rings. The summed E-state index contributed by atoms with van der Waals surface area (Å²) in [5.41, 5.74) is 0.843. The van der Waals surface area contributed by atoms with Gasteiger partial charge in [0.15, 0.2) is 5.65 Å². The minimum atomic E-state index is 0.807. The smallest absolute Gasteiger partial charge is 0.154 e. The Morgan fingerprint density at radius 1 is 0.957 bits per heavy atom. The van der Waals surface area contributed by atoms with Crippen LogP contribution in [0.1, 0.15) is 5.82 Å². The van der Waals surface area contributed by atoms with Crippen molar-refractivity contribution in [2.45, 2.75) is 6.92 Å². The lowest BCUT2D eigenvalue weighted by molar-refractivity contribution is 0.634. The quantitative estimate of drug-likeness (QED) is 0.683. The van der Waals surface area contributed by atoms with Crippen LogP contribution in [0.25, 0.3) is 5.65 Å². The van der Waals surface area contributed by atoms with Crippen molar-refractivity contribution in [2.24, 2.45) is 0 Å². The first-order chi connectivity index (χ1) is 11.2. The number of aryl methyl sites for hydroxylation is 1. The van der Waals surface area contributed by atoms with Gasteiger partial charge in [-0.05, 0) is 41.1 Å². The molecule has 23 heavy (non-hydrogen) atoms. The van der Waals surface area contributed by atoms with E-state index in [-0.39, 0.29) is 0 Å². The van der Waals surface area contributed by atoms with Crippen molar-refractivity contribution in [1.82, 2.24) is 24.6 Å². The summed E-state index contributed by atoms with van der Waals surface area (Å²) >= 11 is 3.47. The van der Waals surface area contributed by atoms with Gasteiger partial charge in [-0.15, -0.1) is 5.10 Å². The van der Waals surface area contributed by atoms with Crippen LogP contribution in [-0.2, 0) is 0 Å². The van der Waals surface area contributed by atoms with Crippen LogP contribution in [0.15, 0.2) is 35.2 Å². The molecule has 7 nitrogen and oxygen atoms in total. The summed E-state index contributed by atoms with van der Waals surface area (Å²) in [7, 11) is 0. The van der Waals surface area contributed by atoms with Gasteiger partial charge in [-0.25, -0.2) is 19.5 Å². The number of fused-ring (bicyclic) bond motifs is 1. The molecule has 0 unspecified atom stereocenters. The lowest BCUT2D eigenvalue weighted by Gasteiger charge is -2.35. The molecule has 0 saturated carbocycles. The van der Waals surface area contributed by atoms with E-state index in [1.54, 1.807) is 6.20 Å². The average molecular weight is 374 g/mol. The van der Waals surface area contributed by atoms with Gasteiger partial charge in [-0.2, -0.15) is 0 Å². The second kappa shape index (κ2) is 5.77. The molecular weight excluding hydrogens is 358 g/mol. The van der Waals surface area contributed by atoms with Crippen molar-refractivity contribution in [3.8, 4) is 0 Å². The minimum absolute atomic E-state index is 0.807. The van der Waals surface area contributed by atoms with Crippen molar-refractivity contribution in [2.75, 3.05) is 36.0 Å². The minimum Gasteiger partial charge on any atom is -0.353 e. The Morgan fingerprint density at radius 2 is 1.70 bits per heavy atom. The van der Waals surface area contributed by atoms with E-state index in [9.17, 15) is 0 Å². The molecule has 118 valence electrons. The van der Waals surface area contributed by atoms with Crippen molar-refractivity contribution in [3.05, 3.63) is 41.0 Å². The Hall–Kier alpha value is -2.22. The van der Waals surface area contributed by atoms with Crippen LogP contribution in [0.2, 0.25) is 0 Å². The molecule has 4 rings (SSSR count). The first-order valence-corrected chi connectivity index (χ1v) is 8.30. The molecule has 3 aromatic rings. The third-order valence-electron chi connectivity index (χ3n) is 4.00. The molecule has 1 aliphatic heterocycles. The molecule has 1 fully saturated rings. The molecule has 8 heteroatoms. The highest BCUT2D eigenvalue weighted by atomic mass is 79.9. The lowest BCUT2D eigenvalue weighted by Crippen LogP contribution is -2.47. The predicted octanol–water partition coefficient (Wildman–Crippen LogP) is 1.92. The SMILES string of the molecule is Cc1nccc(N2CCN(c3ccc4ncc(Br)n4n3)CC2)n1. The van der Waals surface area contributed by atoms with Crippen molar-refractivity contribution < 1.29 is 0 Å². The summed E-state index contributed by atoms with van der Waals surface area (Å²) in [5, 5.41) is 4.66. The summed E-state index contributed by atoms with van der Waals surface area (Å²) in [4.78, 5) is 17.5. The third kappa shape index (κ3) is 2.74. The van der Waals surface area contributed by atoms with Gasteiger partial charge >= 0.3 is 0 Å². The first-order valence-electron chi connectivity index (χ1n) is 7.50. The molecule has 0 radical (unpaired) electrons. The second-order valence-corrected chi connectivity index (χ2v) is 6.29. The van der Waals surface area contributed by atoms with Crippen molar-refractivity contribution >= 4 is 33.2 Å². The molecule has 0 atom stereocenters. The van der Waals surface area contributed by atoms with E-state index in [1.165, 1.54) is 0 Å². The van der Waals surface area contributed by atoms with Crippen LogP contribution in [0.5, 0.6) is 0 Å². The topological polar surface area (TPSA) is 62.5 Å². The maximum absolute atomic E-state index is 4.66. The van der Waals surface area contributed by atoms with Crippen LogP contribution < -0.4 is 9.80 Å². The van der Waals surface area contributed by atoms with Crippen molar-refractivity contribution in [1.29, 1.82) is 0 Å². The maximum atomic E-state index is 4.66. The zero-order chi connectivity index (χ0) is 15.8. The largest absolute Gasteiger partial charge is 0.353 e. The highest BCUT2D eigenvalue weighted by Crippen LogP contribution is 2.19. The average Bonchev–Trinajstić information content (AvgIpc) is 2.96. The van der Waals surface area contributed by atoms with Gasteiger partial charge in [0, 0.05) is 32.4 Å². The normalized spacial score (nSPS) is 15.4. The van der Waals surface area contributed by atoms with E-state index < -0.39 is 0 Å². The summed E-state index contributed by atoms with van der Waals surface area (Å²) in [6, 6.07) is 5.99. The molecule has 0 amide bonds. The fourth-order valence-electron chi connectivity index (χ4n) is 2.79. The van der Waals surface area contributed by atoms with E-state index >= 15 is 0 Å². The number of halogens is 1. The molecular formula is C15H16BrN7. The van der Waals surface area contributed by atoms with Crippen LogP contribution >= 0.6 is 15.9 Å². The number of hydrogen-bond donors (Lipinski definition) is 0. The van der Waals surface area contributed by atoms with Gasteiger partial charge in [-0.1, -0.05) is 0 Å². The van der Waals surface area contributed by atoms with Crippen LogP contribution in [0.4, 0.5) is 11.6 Å². The number of hydrogen-bond acceptors (Lipinski definition) is 6. The van der Waals surface area contributed by atoms with Gasteiger partial charge in [0.25, 0.3) is 0 Å². The van der Waals surface area contributed by atoms with Gasteiger partial charge < -0.3 is 9.80 Å². The standard InChI is InChI=1S/C15H16BrN7/c1-11-17-5-4-14(19-11)21-6-8-22(9-7-21)15-3-2-13-18-10-12(16)23(13)20-15/h2-5,10H,6-9H2,1H3. The summed E-state index contributed by atoms with van der Waals surface area (Å²) in [6.45, 7) is 5.58. The fourth-order valence-corrected chi connectivity index (χ4v) is 3.15. The van der Waals surface area contributed by atoms with Gasteiger partial charge in [0.2, 0.25) is 0 Å². The van der Waals surface area contributed by atoms with E-state index in [1.807, 2.05) is 35.8 Å². The molecule has 0 bridgehead atoms. The highest BCUT2D eigenvalue weighted by molar-refractivity contribution is 9.10. The van der Waals surface area contributed by atoms with Gasteiger partial charge in [-0.3, -0.25) is 0 Å². The first kappa shape index (κ1) is 14.4. The second-order valence-electron chi connectivity index (χ2n) is 5.48. The number of rotatable bonds is 2. The number of nitrogens with zero attached hydrogens (tertiary/aromatic N) is 7. The summed E-state index contributed by atoms with van der Waals surface area (Å²) in [5.74, 6) is 2.77. The Morgan fingerprint density at radius 3 is 2.43 bits per heavy atom. The number of piperazine rings is 1. The Bertz CT molecular complexity index is 839. The van der Waals surface area contributed by atoms with E-state index in [0.29, 0.717) is 0 Å². The summed E-state index contributed by atoms with van der Waals surface area (Å²) in [6.07, 6.45) is 3.58. The zero-order valence-electron chi connectivity index (χ0n) is 12.7. The molecule has 0 N–H and O–H groups in total. The summed E-state index contributed by atoms with van der Waals surface area (Å²) < 4.78 is 2.68. The Labute approximate surface area is 142 Å². The predicted molar refractivity (Wildman–Crippen MR) is 91.9 cm³/mol. The molecule has 4 heterocycles. The maximum Gasteiger partial charge on any atom is 0.154 e.